The lowest BCUT2D eigenvalue weighted by Gasteiger charge is -2.42. The standard InChI is InChI=1S/C42H43N3O18/c1-18-38-24(45(17-61-38)41(57)60-16-19-6-8-20(9-7-19)43-40(56)44-23(39(54)55)10-11-28(48)49)12-29(62-18)63-26-14-42(58,27(47)15-46)13-22-31(26)37(53)33-32(35(22)51)34(50)21-4-3-5-25(59-2)30(21)36(33)52/h3-9,18,23-24,26,29,38,46,51,53,58H,10-17H2,1-2H3,(H,48,49)(H,54,55)(H2,43,44,56). The summed E-state index contributed by atoms with van der Waals surface area (Å²) in [4.78, 5) is 90.2. The van der Waals surface area contributed by atoms with E-state index in [2.05, 4.69) is 10.6 Å². The number of carbonyl (C=O) groups is 7. The first-order valence-electron chi connectivity index (χ1n) is 19.7. The van der Waals surface area contributed by atoms with Crippen LogP contribution in [0.5, 0.6) is 17.2 Å². The summed E-state index contributed by atoms with van der Waals surface area (Å²) >= 11 is 0. The van der Waals surface area contributed by atoms with Crippen LogP contribution in [0.1, 0.15) is 87.2 Å². The van der Waals surface area contributed by atoms with E-state index in [4.69, 9.17) is 28.8 Å². The molecule has 334 valence electrons. The SMILES string of the molecule is COc1cccc2c1C(=O)c1c(O)c3c(c(O)c1C2=O)CC(O)(C(=O)CO)CC3OC1CC2C(OCN2C(=O)OCc2ccc(NC(=O)NC(CCC(=O)O)C(=O)O)cc2)C(C)O1. The van der Waals surface area contributed by atoms with Gasteiger partial charge in [-0.2, -0.15) is 0 Å². The van der Waals surface area contributed by atoms with E-state index in [1.165, 1.54) is 42.3 Å². The number of hydrogen-bond acceptors (Lipinski definition) is 16. The molecule has 0 saturated carbocycles. The summed E-state index contributed by atoms with van der Waals surface area (Å²) < 4.78 is 29.2. The molecule has 7 atom stereocenters. The number of fused-ring (bicyclic) bond motifs is 4. The number of carbonyl (C=O) groups excluding carboxylic acids is 5. The highest BCUT2D eigenvalue weighted by atomic mass is 16.7. The Balaban J connectivity index is 1.06. The lowest BCUT2D eigenvalue weighted by Crippen LogP contribution is -2.52. The summed E-state index contributed by atoms with van der Waals surface area (Å²) in [6, 6.07) is 7.29. The van der Waals surface area contributed by atoms with E-state index in [0.717, 1.165) is 0 Å². The lowest BCUT2D eigenvalue weighted by atomic mass is 9.72. The van der Waals surface area contributed by atoms with Crippen molar-refractivity contribution in [2.75, 3.05) is 25.8 Å². The monoisotopic (exact) mass is 877 g/mol. The molecule has 7 unspecified atom stereocenters. The number of phenolic OH excluding ortho intramolecular Hbond substituents is 2. The zero-order valence-corrected chi connectivity index (χ0v) is 33.7. The highest BCUT2D eigenvalue weighted by Crippen LogP contribution is 2.53. The number of Topliss-reactive ketones (excluding diaryl/α,β-unsaturated/α-hetero) is 1. The summed E-state index contributed by atoms with van der Waals surface area (Å²) in [6.07, 6.45) is -6.95. The molecule has 0 spiro atoms. The van der Waals surface area contributed by atoms with E-state index >= 15 is 0 Å². The van der Waals surface area contributed by atoms with Gasteiger partial charge >= 0.3 is 24.1 Å². The molecule has 3 aromatic rings. The van der Waals surface area contributed by atoms with Crippen molar-refractivity contribution in [1.29, 1.82) is 0 Å². The fourth-order valence-electron chi connectivity index (χ4n) is 8.45. The van der Waals surface area contributed by atoms with Gasteiger partial charge in [-0.1, -0.05) is 24.3 Å². The number of amides is 3. The minimum Gasteiger partial charge on any atom is -0.507 e. The van der Waals surface area contributed by atoms with E-state index in [9.17, 15) is 59.1 Å². The van der Waals surface area contributed by atoms with Gasteiger partial charge in [0.05, 0.1) is 42.0 Å². The van der Waals surface area contributed by atoms with Gasteiger partial charge in [0.15, 0.2) is 17.9 Å². The number of ketones is 3. The predicted molar refractivity (Wildman–Crippen MR) is 210 cm³/mol. The van der Waals surface area contributed by atoms with E-state index in [1.54, 1.807) is 19.1 Å². The van der Waals surface area contributed by atoms with Gasteiger partial charge in [-0.15, -0.1) is 0 Å². The van der Waals surface area contributed by atoms with Crippen molar-refractivity contribution >= 4 is 47.1 Å². The van der Waals surface area contributed by atoms with Crippen LogP contribution in [0.3, 0.4) is 0 Å². The number of methoxy groups -OCH3 is 1. The van der Waals surface area contributed by atoms with E-state index in [-0.39, 0.29) is 59.9 Å². The number of anilines is 1. The van der Waals surface area contributed by atoms with Crippen LogP contribution >= 0.6 is 0 Å². The average Bonchev–Trinajstić information content (AvgIpc) is 3.69. The average molecular weight is 878 g/mol. The molecule has 4 aliphatic rings. The van der Waals surface area contributed by atoms with Crippen molar-refractivity contribution in [3.8, 4) is 17.2 Å². The van der Waals surface area contributed by atoms with Gasteiger partial charge in [0.25, 0.3) is 0 Å². The Kier molecular flexibility index (Phi) is 12.4. The molecule has 21 heteroatoms. The van der Waals surface area contributed by atoms with Gasteiger partial charge < -0.3 is 65.0 Å². The molecule has 2 heterocycles. The third-order valence-electron chi connectivity index (χ3n) is 11.6. The quantitative estimate of drug-likeness (QED) is 0.0892. The van der Waals surface area contributed by atoms with Gasteiger partial charge in [-0.3, -0.25) is 24.1 Å². The van der Waals surface area contributed by atoms with Crippen LogP contribution in [-0.4, -0.2) is 134 Å². The molecular weight excluding hydrogens is 834 g/mol. The Morgan fingerprint density at radius 1 is 0.984 bits per heavy atom. The van der Waals surface area contributed by atoms with Crippen LogP contribution in [0.15, 0.2) is 42.5 Å². The van der Waals surface area contributed by atoms with E-state index in [0.29, 0.717) is 5.56 Å². The van der Waals surface area contributed by atoms with Crippen molar-refractivity contribution in [3.05, 3.63) is 81.4 Å². The second kappa shape index (κ2) is 17.6. The lowest BCUT2D eigenvalue weighted by molar-refractivity contribution is -0.246. The fraction of sp³-hybridized carbons (Fsp3) is 0.405. The number of carboxylic acids is 2. The molecule has 21 nitrogen and oxygen atoms in total. The maximum atomic E-state index is 14.0. The molecule has 0 radical (unpaired) electrons. The van der Waals surface area contributed by atoms with Crippen molar-refractivity contribution < 1.29 is 87.9 Å². The number of aliphatic hydroxyl groups is 2. The smallest absolute Gasteiger partial charge is 0.412 e. The molecule has 0 aromatic heterocycles. The number of nitrogens with one attached hydrogen (secondary N) is 2. The molecule has 8 N–H and O–H groups in total. The van der Waals surface area contributed by atoms with Gasteiger partial charge in [-0.25, -0.2) is 14.4 Å². The molecule has 2 saturated heterocycles. The molecule has 0 bridgehead atoms. The Morgan fingerprint density at radius 2 is 1.70 bits per heavy atom. The molecular formula is C42H43N3O18. The zero-order chi connectivity index (χ0) is 45.5. The van der Waals surface area contributed by atoms with E-state index < -0.39 is 132 Å². The molecule has 7 rings (SSSR count). The van der Waals surface area contributed by atoms with Crippen molar-refractivity contribution in [2.24, 2.45) is 0 Å². The number of hydrogen-bond donors (Lipinski definition) is 8. The molecule has 3 aromatic carbocycles. The Hall–Kier alpha value is -6.65. The number of aromatic hydroxyl groups is 2. The second-order valence-electron chi connectivity index (χ2n) is 15.5. The van der Waals surface area contributed by atoms with Crippen LogP contribution in [0, 0.1) is 0 Å². The molecule has 2 aliphatic heterocycles. The Bertz CT molecular complexity index is 2390. The first kappa shape index (κ1) is 44.4. The topological polar surface area (TPSA) is 314 Å². The summed E-state index contributed by atoms with van der Waals surface area (Å²) in [5, 5.41) is 67.7. The minimum atomic E-state index is -2.37. The largest absolute Gasteiger partial charge is 0.507 e. The Labute approximate surface area is 357 Å². The molecule has 3 amide bonds. The fourth-order valence-corrected chi connectivity index (χ4v) is 8.45. The number of carboxylic acid groups (broad SMARTS) is 2. The maximum Gasteiger partial charge on any atom is 0.412 e. The normalized spacial score (nSPS) is 23.9. The van der Waals surface area contributed by atoms with Crippen molar-refractivity contribution in [1.82, 2.24) is 10.2 Å². The minimum absolute atomic E-state index is 0.0452. The van der Waals surface area contributed by atoms with Crippen LogP contribution in [0.25, 0.3) is 0 Å². The van der Waals surface area contributed by atoms with Crippen LogP contribution in [-0.2, 0) is 46.4 Å². The highest BCUT2D eigenvalue weighted by molar-refractivity contribution is 6.31. The third-order valence-corrected chi connectivity index (χ3v) is 11.6. The first-order valence-corrected chi connectivity index (χ1v) is 19.7. The van der Waals surface area contributed by atoms with Crippen LogP contribution < -0.4 is 15.4 Å². The maximum absolute atomic E-state index is 14.0. The van der Waals surface area contributed by atoms with Gasteiger partial charge in [0.2, 0.25) is 5.78 Å². The molecule has 2 aliphatic carbocycles. The zero-order valence-electron chi connectivity index (χ0n) is 33.7. The van der Waals surface area contributed by atoms with Gasteiger partial charge in [0, 0.05) is 48.1 Å². The van der Waals surface area contributed by atoms with Crippen molar-refractivity contribution in [3.63, 3.8) is 0 Å². The third kappa shape index (κ3) is 8.47. The first-order chi connectivity index (χ1) is 30.0. The summed E-state index contributed by atoms with van der Waals surface area (Å²) in [6.45, 7) is 0.142. The number of nitrogens with zero attached hydrogens (tertiary/aromatic N) is 1. The summed E-state index contributed by atoms with van der Waals surface area (Å²) in [5.74, 6) is -6.77. The van der Waals surface area contributed by atoms with Crippen LogP contribution in [0.2, 0.25) is 0 Å². The van der Waals surface area contributed by atoms with E-state index in [1.807, 2.05) is 0 Å². The summed E-state index contributed by atoms with van der Waals surface area (Å²) in [5.41, 5.74) is -3.38. The van der Waals surface area contributed by atoms with Gasteiger partial charge in [-0.05, 0) is 37.1 Å². The number of aliphatic hydroxyl groups excluding tert-OH is 1. The number of rotatable bonds is 13. The van der Waals surface area contributed by atoms with Gasteiger partial charge in [0.1, 0.15) is 54.9 Å². The number of aliphatic carboxylic acids is 2. The molecule has 63 heavy (non-hydrogen) atoms. The Morgan fingerprint density at radius 3 is 2.37 bits per heavy atom. The second-order valence-corrected chi connectivity index (χ2v) is 15.5. The number of phenols is 2. The number of benzene rings is 3. The molecule has 2 fully saturated rings. The van der Waals surface area contributed by atoms with Crippen LogP contribution in [0.4, 0.5) is 15.3 Å². The summed E-state index contributed by atoms with van der Waals surface area (Å²) in [7, 11) is 1.30. The number of urea groups is 1. The number of ether oxygens (including phenoxy) is 5. The predicted octanol–water partition coefficient (Wildman–Crippen LogP) is 2.12. The highest BCUT2D eigenvalue weighted by Gasteiger charge is 2.52. The van der Waals surface area contributed by atoms with Crippen molar-refractivity contribution in [2.45, 2.75) is 87.9 Å².